The number of amides is 1. The number of carbonyl (C=O) groups is 1. The van der Waals surface area contributed by atoms with Crippen LogP contribution in [0.1, 0.15) is 45.9 Å². The maximum atomic E-state index is 13.2. The summed E-state index contributed by atoms with van der Waals surface area (Å²) in [5.41, 5.74) is 4.44. The summed E-state index contributed by atoms with van der Waals surface area (Å²) in [5, 5.41) is 0. The molecule has 5 heteroatoms. The minimum atomic E-state index is 0.0643. The third kappa shape index (κ3) is 3.01. The SMILES string of the molecule is Cc1ccc(C2CCCN2C(=O)c2ccnc(-n3ccnc3)c2)cc1C. The third-order valence-corrected chi connectivity index (χ3v) is 5.19. The molecule has 0 N–H and O–H groups in total. The molecule has 5 nitrogen and oxygen atoms in total. The molecule has 0 aliphatic carbocycles. The second kappa shape index (κ2) is 6.75. The highest BCUT2D eigenvalue weighted by Gasteiger charge is 2.30. The Morgan fingerprint density at radius 2 is 2.00 bits per heavy atom. The van der Waals surface area contributed by atoms with Gasteiger partial charge in [-0.1, -0.05) is 18.2 Å². The van der Waals surface area contributed by atoms with Crippen LogP contribution in [0.15, 0.2) is 55.2 Å². The van der Waals surface area contributed by atoms with Gasteiger partial charge in [0.2, 0.25) is 0 Å². The molecule has 1 aliphatic rings. The molecule has 1 saturated heterocycles. The number of pyridine rings is 1. The third-order valence-electron chi connectivity index (χ3n) is 5.19. The van der Waals surface area contributed by atoms with Gasteiger partial charge in [-0.2, -0.15) is 0 Å². The lowest BCUT2D eigenvalue weighted by Gasteiger charge is -2.26. The lowest BCUT2D eigenvalue weighted by molar-refractivity contribution is 0.0735. The standard InChI is InChI=1S/C21H22N4O/c1-15-5-6-17(12-16(15)2)19-4-3-10-25(19)21(26)18-7-8-23-20(13-18)24-11-9-22-14-24/h5-9,11-14,19H,3-4,10H2,1-2H3. The molecule has 2 aromatic heterocycles. The normalized spacial score (nSPS) is 16.8. The molecule has 26 heavy (non-hydrogen) atoms. The van der Waals surface area contributed by atoms with Crippen LogP contribution in [0.4, 0.5) is 0 Å². The minimum Gasteiger partial charge on any atom is -0.332 e. The summed E-state index contributed by atoms with van der Waals surface area (Å²) in [4.78, 5) is 23.6. The van der Waals surface area contributed by atoms with Crippen molar-refractivity contribution in [2.75, 3.05) is 6.54 Å². The van der Waals surface area contributed by atoms with Crippen molar-refractivity contribution in [3.05, 3.63) is 77.5 Å². The summed E-state index contributed by atoms with van der Waals surface area (Å²) in [6, 6.07) is 10.3. The van der Waals surface area contributed by atoms with E-state index >= 15 is 0 Å². The first-order chi connectivity index (χ1) is 12.6. The van der Waals surface area contributed by atoms with Crippen LogP contribution in [0.2, 0.25) is 0 Å². The summed E-state index contributed by atoms with van der Waals surface area (Å²) in [6.45, 7) is 5.03. The highest BCUT2D eigenvalue weighted by Crippen LogP contribution is 2.34. The highest BCUT2D eigenvalue weighted by molar-refractivity contribution is 5.95. The van der Waals surface area contributed by atoms with E-state index in [1.165, 1.54) is 16.7 Å². The van der Waals surface area contributed by atoms with Crippen molar-refractivity contribution in [2.24, 2.45) is 0 Å². The Morgan fingerprint density at radius 3 is 2.77 bits per heavy atom. The Morgan fingerprint density at radius 1 is 1.12 bits per heavy atom. The topological polar surface area (TPSA) is 51.0 Å². The molecule has 3 aromatic rings. The summed E-state index contributed by atoms with van der Waals surface area (Å²) in [6.07, 6.45) is 8.93. The molecule has 3 heterocycles. The van der Waals surface area contributed by atoms with Crippen molar-refractivity contribution >= 4 is 5.91 Å². The number of carbonyl (C=O) groups excluding carboxylic acids is 1. The molecule has 1 aromatic carbocycles. The van der Waals surface area contributed by atoms with E-state index in [2.05, 4.69) is 42.0 Å². The quantitative estimate of drug-likeness (QED) is 0.723. The van der Waals surface area contributed by atoms with Gasteiger partial charge in [0.05, 0.1) is 6.04 Å². The average molecular weight is 346 g/mol. The van der Waals surface area contributed by atoms with Crippen LogP contribution in [-0.4, -0.2) is 31.9 Å². The molecule has 4 rings (SSSR count). The van der Waals surface area contributed by atoms with Gasteiger partial charge in [-0.3, -0.25) is 9.36 Å². The van der Waals surface area contributed by atoms with E-state index in [-0.39, 0.29) is 11.9 Å². The number of benzene rings is 1. The van der Waals surface area contributed by atoms with Crippen molar-refractivity contribution in [3.63, 3.8) is 0 Å². The summed E-state index contributed by atoms with van der Waals surface area (Å²) >= 11 is 0. The number of aryl methyl sites for hydroxylation is 2. The summed E-state index contributed by atoms with van der Waals surface area (Å²) in [5.74, 6) is 0.768. The Labute approximate surface area is 153 Å². The summed E-state index contributed by atoms with van der Waals surface area (Å²) < 4.78 is 1.81. The van der Waals surface area contributed by atoms with Crippen LogP contribution in [0.5, 0.6) is 0 Å². The molecule has 132 valence electrons. The minimum absolute atomic E-state index is 0.0643. The van der Waals surface area contributed by atoms with E-state index in [9.17, 15) is 4.79 Å². The van der Waals surface area contributed by atoms with Gasteiger partial charge in [0.1, 0.15) is 12.1 Å². The van der Waals surface area contributed by atoms with Crippen LogP contribution in [0, 0.1) is 13.8 Å². The zero-order chi connectivity index (χ0) is 18.1. The van der Waals surface area contributed by atoms with Crippen LogP contribution >= 0.6 is 0 Å². The number of likely N-dealkylation sites (tertiary alicyclic amines) is 1. The number of imidazole rings is 1. The Hall–Kier alpha value is -2.95. The van der Waals surface area contributed by atoms with Gasteiger partial charge in [0.25, 0.3) is 5.91 Å². The van der Waals surface area contributed by atoms with Crippen LogP contribution in [0.3, 0.4) is 0 Å². The first-order valence-corrected chi connectivity index (χ1v) is 8.96. The molecule has 0 saturated carbocycles. The second-order valence-corrected chi connectivity index (χ2v) is 6.87. The van der Waals surface area contributed by atoms with Crippen molar-refractivity contribution in [3.8, 4) is 5.82 Å². The monoisotopic (exact) mass is 346 g/mol. The van der Waals surface area contributed by atoms with Crippen molar-refractivity contribution < 1.29 is 4.79 Å². The van der Waals surface area contributed by atoms with Crippen molar-refractivity contribution in [1.82, 2.24) is 19.4 Å². The van der Waals surface area contributed by atoms with Gasteiger partial charge in [-0.15, -0.1) is 0 Å². The van der Waals surface area contributed by atoms with Crippen molar-refractivity contribution in [1.29, 1.82) is 0 Å². The number of hydrogen-bond acceptors (Lipinski definition) is 3. The van der Waals surface area contributed by atoms with Gasteiger partial charge >= 0.3 is 0 Å². The molecule has 1 aliphatic heterocycles. The second-order valence-electron chi connectivity index (χ2n) is 6.87. The van der Waals surface area contributed by atoms with Crippen LogP contribution < -0.4 is 0 Å². The molecule has 0 radical (unpaired) electrons. The lowest BCUT2D eigenvalue weighted by atomic mass is 9.99. The van der Waals surface area contributed by atoms with Gasteiger partial charge in [0, 0.05) is 30.7 Å². The lowest BCUT2D eigenvalue weighted by Crippen LogP contribution is -2.30. The maximum absolute atomic E-state index is 13.2. The van der Waals surface area contributed by atoms with Gasteiger partial charge in [-0.05, 0) is 55.5 Å². The fourth-order valence-electron chi connectivity index (χ4n) is 3.58. The molecule has 1 unspecified atom stereocenters. The van der Waals surface area contributed by atoms with Crippen LogP contribution in [-0.2, 0) is 0 Å². The van der Waals surface area contributed by atoms with Gasteiger partial charge < -0.3 is 4.90 Å². The molecule has 0 spiro atoms. The van der Waals surface area contributed by atoms with Gasteiger partial charge in [0.15, 0.2) is 0 Å². The molecular formula is C21H22N4O. The van der Waals surface area contributed by atoms with E-state index in [1.54, 1.807) is 24.8 Å². The average Bonchev–Trinajstić information content (AvgIpc) is 3.35. The van der Waals surface area contributed by atoms with Gasteiger partial charge in [-0.25, -0.2) is 9.97 Å². The highest BCUT2D eigenvalue weighted by atomic mass is 16.2. The van der Waals surface area contributed by atoms with Crippen LogP contribution in [0.25, 0.3) is 5.82 Å². The van der Waals surface area contributed by atoms with E-state index in [4.69, 9.17) is 0 Å². The predicted octanol–water partition coefficient (Wildman–Crippen LogP) is 3.86. The van der Waals surface area contributed by atoms with E-state index < -0.39 is 0 Å². The predicted molar refractivity (Wildman–Crippen MR) is 100 cm³/mol. The zero-order valence-corrected chi connectivity index (χ0v) is 15.1. The Kier molecular flexibility index (Phi) is 4.29. The zero-order valence-electron chi connectivity index (χ0n) is 15.1. The number of hydrogen-bond donors (Lipinski definition) is 0. The largest absolute Gasteiger partial charge is 0.332 e. The fourth-order valence-corrected chi connectivity index (χ4v) is 3.58. The molecule has 0 bridgehead atoms. The summed E-state index contributed by atoms with van der Waals surface area (Å²) in [7, 11) is 0. The molecular weight excluding hydrogens is 324 g/mol. The number of aromatic nitrogens is 3. The first kappa shape index (κ1) is 16.5. The Balaban J connectivity index is 1.63. The molecule has 1 amide bonds. The van der Waals surface area contributed by atoms with E-state index in [1.807, 2.05) is 21.7 Å². The first-order valence-electron chi connectivity index (χ1n) is 8.96. The smallest absolute Gasteiger partial charge is 0.254 e. The maximum Gasteiger partial charge on any atom is 0.254 e. The van der Waals surface area contributed by atoms with E-state index in [0.717, 1.165) is 19.4 Å². The van der Waals surface area contributed by atoms with Crippen molar-refractivity contribution in [2.45, 2.75) is 32.7 Å². The number of rotatable bonds is 3. The molecule has 1 fully saturated rings. The fraction of sp³-hybridized carbons (Fsp3) is 0.286. The Bertz CT molecular complexity index is 933. The molecule has 1 atom stereocenters. The van der Waals surface area contributed by atoms with E-state index in [0.29, 0.717) is 11.4 Å². The number of nitrogens with zero attached hydrogens (tertiary/aromatic N) is 4.